The normalized spacial score (nSPS) is 10.4. The molecule has 0 unspecified atom stereocenters. The molecule has 0 saturated heterocycles. The third kappa shape index (κ3) is 3.71. The highest BCUT2D eigenvalue weighted by Gasteiger charge is 2.02. The molecule has 2 aromatic rings. The van der Waals surface area contributed by atoms with Gasteiger partial charge in [-0.3, -0.25) is 4.98 Å². The minimum absolute atomic E-state index is 0.0258. The Bertz CT molecular complexity index is 470. The Kier molecular flexibility index (Phi) is 3.93. The molecule has 0 fully saturated rings. The van der Waals surface area contributed by atoms with E-state index in [9.17, 15) is 5.11 Å². The van der Waals surface area contributed by atoms with Crippen molar-refractivity contribution >= 4 is 11.8 Å². The molecule has 2 rings (SSSR count). The maximum atomic E-state index is 9.33. The molecule has 2 heterocycles. The van der Waals surface area contributed by atoms with Gasteiger partial charge in [-0.15, -0.1) is 0 Å². The van der Waals surface area contributed by atoms with Gasteiger partial charge in [0, 0.05) is 29.4 Å². The number of aromatic hydroxyl groups is 1. The third-order valence-corrected chi connectivity index (χ3v) is 2.98. The second-order valence-corrected chi connectivity index (χ2v) is 4.63. The van der Waals surface area contributed by atoms with Crippen molar-refractivity contribution in [2.45, 2.75) is 18.5 Å². The SMILES string of the molecule is Cc1cc(O)nc(SCCc2ccccn2)n1. The van der Waals surface area contributed by atoms with Crippen molar-refractivity contribution in [1.29, 1.82) is 0 Å². The first-order chi connectivity index (χ1) is 8.24. The number of aryl methyl sites for hydroxylation is 2. The molecule has 0 radical (unpaired) electrons. The molecule has 88 valence electrons. The highest BCUT2D eigenvalue weighted by Crippen LogP contribution is 2.17. The van der Waals surface area contributed by atoms with Crippen LogP contribution in [-0.4, -0.2) is 25.8 Å². The summed E-state index contributed by atoms with van der Waals surface area (Å²) in [5, 5.41) is 9.94. The average Bonchev–Trinajstić information content (AvgIpc) is 2.29. The number of aromatic nitrogens is 3. The van der Waals surface area contributed by atoms with E-state index >= 15 is 0 Å². The number of thioether (sulfide) groups is 1. The smallest absolute Gasteiger partial charge is 0.215 e. The van der Waals surface area contributed by atoms with Gasteiger partial charge in [-0.05, 0) is 25.5 Å². The monoisotopic (exact) mass is 247 g/mol. The van der Waals surface area contributed by atoms with E-state index in [-0.39, 0.29) is 5.88 Å². The maximum absolute atomic E-state index is 9.33. The van der Waals surface area contributed by atoms with Crippen LogP contribution in [-0.2, 0) is 6.42 Å². The summed E-state index contributed by atoms with van der Waals surface area (Å²) >= 11 is 1.52. The molecule has 0 aliphatic heterocycles. The molecular weight excluding hydrogens is 234 g/mol. The lowest BCUT2D eigenvalue weighted by Gasteiger charge is -2.02. The lowest BCUT2D eigenvalue weighted by molar-refractivity contribution is 0.444. The molecule has 0 aliphatic rings. The zero-order valence-corrected chi connectivity index (χ0v) is 10.3. The predicted octanol–water partition coefficient (Wildman–Crippen LogP) is 2.22. The molecule has 0 aromatic carbocycles. The van der Waals surface area contributed by atoms with Crippen LogP contribution in [0.2, 0.25) is 0 Å². The first-order valence-electron chi connectivity index (χ1n) is 5.31. The van der Waals surface area contributed by atoms with Gasteiger partial charge < -0.3 is 5.11 Å². The van der Waals surface area contributed by atoms with Crippen LogP contribution in [0.4, 0.5) is 0 Å². The summed E-state index contributed by atoms with van der Waals surface area (Å²) in [5.41, 5.74) is 1.83. The molecule has 4 nitrogen and oxygen atoms in total. The van der Waals surface area contributed by atoms with Crippen LogP contribution in [0.15, 0.2) is 35.6 Å². The van der Waals surface area contributed by atoms with Crippen LogP contribution in [0.25, 0.3) is 0 Å². The van der Waals surface area contributed by atoms with Gasteiger partial charge in [0.05, 0.1) is 0 Å². The summed E-state index contributed by atoms with van der Waals surface area (Å²) in [5.74, 6) is 0.873. The van der Waals surface area contributed by atoms with Crippen molar-refractivity contribution in [3.8, 4) is 5.88 Å². The number of hydrogen-bond donors (Lipinski definition) is 1. The van der Waals surface area contributed by atoms with Crippen molar-refractivity contribution in [3.05, 3.63) is 41.9 Å². The van der Waals surface area contributed by atoms with Crippen LogP contribution in [0.5, 0.6) is 5.88 Å². The number of pyridine rings is 1. The Morgan fingerprint density at radius 1 is 1.29 bits per heavy atom. The average molecular weight is 247 g/mol. The van der Waals surface area contributed by atoms with Gasteiger partial charge in [-0.1, -0.05) is 17.8 Å². The summed E-state index contributed by atoms with van der Waals surface area (Å²) in [6.07, 6.45) is 2.65. The van der Waals surface area contributed by atoms with Gasteiger partial charge in [-0.2, -0.15) is 4.98 Å². The lowest BCUT2D eigenvalue weighted by Crippen LogP contribution is -1.94. The van der Waals surface area contributed by atoms with E-state index in [2.05, 4.69) is 15.0 Å². The van der Waals surface area contributed by atoms with Crippen LogP contribution >= 0.6 is 11.8 Å². The van der Waals surface area contributed by atoms with Gasteiger partial charge in [0.25, 0.3) is 0 Å². The predicted molar refractivity (Wildman–Crippen MR) is 67.1 cm³/mol. The summed E-state index contributed by atoms with van der Waals surface area (Å²) in [7, 11) is 0. The molecule has 0 aliphatic carbocycles. The van der Waals surface area contributed by atoms with Gasteiger partial charge in [0.2, 0.25) is 5.88 Å². The summed E-state index contributed by atoms with van der Waals surface area (Å²) in [6.45, 7) is 1.84. The van der Waals surface area contributed by atoms with Crippen LogP contribution in [0.3, 0.4) is 0 Å². The number of nitrogens with zero attached hydrogens (tertiary/aromatic N) is 3. The molecule has 0 spiro atoms. The van der Waals surface area contributed by atoms with Gasteiger partial charge in [0.15, 0.2) is 5.16 Å². The fourth-order valence-electron chi connectivity index (χ4n) is 1.38. The van der Waals surface area contributed by atoms with Gasteiger partial charge >= 0.3 is 0 Å². The first kappa shape index (κ1) is 11.9. The first-order valence-corrected chi connectivity index (χ1v) is 6.30. The number of hydrogen-bond acceptors (Lipinski definition) is 5. The molecule has 5 heteroatoms. The van der Waals surface area contributed by atoms with E-state index in [1.54, 1.807) is 12.3 Å². The van der Waals surface area contributed by atoms with Crippen molar-refractivity contribution in [2.24, 2.45) is 0 Å². The Labute approximate surface area is 104 Å². The maximum Gasteiger partial charge on any atom is 0.215 e. The van der Waals surface area contributed by atoms with E-state index in [0.29, 0.717) is 5.16 Å². The van der Waals surface area contributed by atoms with E-state index in [0.717, 1.165) is 23.6 Å². The molecule has 0 bridgehead atoms. The fraction of sp³-hybridized carbons (Fsp3) is 0.250. The Morgan fingerprint density at radius 3 is 2.88 bits per heavy atom. The topological polar surface area (TPSA) is 58.9 Å². The Balaban J connectivity index is 1.90. The van der Waals surface area contributed by atoms with E-state index < -0.39 is 0 Å². The van der Waals surface area contributed by atoms with Gasteiger partial charge in [-0.25, -0.2) is 4.98 Å². The Morgan fingerprint density at radius 2 is 2.18 bits per heavy atom. The van der Waals surface area contributed by atoms with Crippen LogP contribution < -0.4 is 0 Å². The zero-order chi connectivity index (χ0) is 12.1. The largest absolute Gasteiger partial charge is 0.493 e. The minimum atomic E-state index is 0.0258. The second kappa shape index (κ2) is 5.63. The standard InChI is InChI=1S/C12H13N3OS/c1-9-8-11(16)15-12(14-9)17-7-5-10-4-2-3-6-13-10/h2-4,6,8H,5,7H2,1H3,(H,14,15,16). The quantitative estimate of drug-likeness (QED) is 0.663. The van der Waals surface area contributed by atoms with Crippen molar-refractivity contribution in [3.63, 3.8) is 0 Å². The minimum Gasteiger partial charge on any atom is -0.493 e. The lowest BCUT2D eigenvalue weighted by atomic mass is 10.3. The van der Waals surface area contributed by atoms with Gasteiger partial charge in [0.1, 0.15) is 0 Å². The van der Waals surface area contributed by atoms with Crippen molar-refractivity contribution in [2.75, 3.05) is 5.75 Å². The van der Waals surface area contributed by atoms with Crippen LogP contribution in [0.1, 0.15) is 11.4 Å². The molecule has 2 aromatic heterocycles. The summed E-state index contributed by atoms with van der Waals surface area (Å²) in [6, 6.07) is 7.41. The molecule has 1 N–H and O–H groups in total. The van der Waals surface area contributed by atoms with E-state index in [1.165, 1.54) is 11.8 Å². The van der Waals surface area contributed by atoms with Crippen molar-refractivity contribution in [1.82, 2.24) is 15.0 Å². The second-order valence-electron chi connectivity index (χ2n) is 3.57. The molecular formula is C12H13N3OS. The molecule has 0 amide bonds. The third-order valence-electron chi connectivity index (χ3n) is 2.14. The zero-order valence-electron chi connectivity index (χ0n) is 9.50. The highest BCUT2D eigenvalue weighted by molar-refractivity contribution is 7.99. The highest BCUT2D eigenvalue weighted by atomic mass is 32.2. The molecule has 0 saturated carbocycles. The fourth-order valence-corrected chi connectivity index (χ4v) is 2.24. The summed E-state index contributed by atoms with van der Waals surface area (Å²) < 4.78 is 0. The van der Waals surface area contributed by atoms with Crippen LogP contribution in [0, 0.1) is 6.92 Å². The summed E-state index contributed by atoms with van der Waals surface area (Å²) in [4.78, 5) is 12.4. The Hall–Kier alpha value is -1.62. The number of rotatable bonds is 4. The van der Waals surface area contributed by atoms with Crippen molar-refractivity contribution < 1.29 is 5.11 Å². The molecule has 0 atom stereocenters. The van der Waals surface area contributed by atoms with E-state index in [1.807, 2.05) is 25.1 Å². The molecule has 17 heavy (non-hydrogen) atoms. The van der Waals surface area contributed by atoms with E-state index in [4.69, 9.17) is 0 Å².